The number of nitrogens with zero attached hydrogens (tertiary/aromatic N) is 2. The first-order valence-electron chi connectivity index (χ1n) is 12.5. The minimum Gasteiger partial charge on any atom is -0.354 e. The molecule has 3 aromatic carbocycles. The topological polar surface area (TPSA) is 86.8 Å². The Morgan fingerprint density at radius 1 is 0.947 bits per heavy atom. The fourth-order valence-corrected chi connectivity index (χ4v) is 5.07. The lowest BCUT2D eigenvalue weighted by molar-refractivity contribution is -0.140. The Bertz CT molecular complexity index is 1330. The van der Waals surface area contributed by atoms with Crippen molar-refractivity contribution in [1.82, 2.24) is 10.2 Å². The summed E-state index contributed by atoms with van der Waals surface area (Å²) < 4.78 is 26.7. The minimum atomic E-state index is -3.79. The molecule has 3 rings (SSSR count). The summed E-state index contributed by atoms with van der Waals surface area (Å²) in [5.74, 6) is -0.779. The van der Waals surface area contributed by atoms with Crippen LogP contribution < -0.4 is 9.62 Å². The molecule has 38 heavy (non-hydrogen) atoms. The number of hydrogen-bond donors (Lipinski definition) is 1. The van der Waals surface area contributed by atoms with E-state index in [4.69, 9.17) is 11.6 Å². The number of carbonyl (C=O) groups excluding carboxylic acids is 2. The molecule has 0 saturated heterocycles. The summed E-state index contributed by atoms with van der Waals surface area (Å²) in [5.41, 5.74) is 2.91. The number of sulfonamides is 1. The number of hydrogen-bond acceptors (Lipinski definition) is 4. The van der Waals surface area contributed by atoms with Crippen LogP contribution in [0.5, 0.6) is 0 Å². The molecule has 9 heteroatoms. The van der Waals surface area contributed by atoms with Crippen molar-refractivity contribution in [3.8, 4) is 0 Å². The SMILES string of the molecule is CCCNC(=O)C(Cc1ccccc1)N(Cc1ccc(Cl)cc1)C(=O)CN(c1cccc(C)c1)S(C)(=O)=O. The Balaban J connectivity index is 2.03. The number of rotatable bonds is 12. The van der Waals surface area contributed by atoms with Crippen LogP contribution in [0.15, 0.2) is 78.9 Å². The van der Waals surface area contributed by atoms with Gasteiger partial charge in [0.05, 0.1) is 11.9 Å². The van der Waals surface area contributed by atoms with Crippen LogP contribution >= 0.6 is 11.6 Å². The van der Waals surface area contributed by atoms with Gasteiger partial charge in [0.2, 0.25) is 21.8 Å². The summed E-state index contributed by atoms with van der Waals surface area (Å²) in [6, 6.07) is 22.6. The molecule has 0 aromatic heterocycles. The lowest BCUT2D eigenvalue weighted by Gasteiger charge is -2.33. The van der Waals surface area contributed by atoms with E-state index in [1.807, 2.05) is 50.2 Å². The number of benzene rings is 3. The first-order valence-corrected chi connectivity index (χ1v) is 14.7. The molecule has 0 spiro atoms. The average Bonchev–Trinajstić information content (AvgIpc) is 2.88. The van der Waals surface area contributed by atoms with Crippen LogP contribution in [0.4, 0.5) is 5.69 Å². The molecule has 0 aliphatic heterocycles. The van der Waals surface area contributed by atoms with Crippen LogP contribution in [-0.4, -0.2) is 50.5 Å². The molecule has 1 atom stereocenters. The zero-order valence-electron chi connectivity index (χ0n) is 21.9. The molecular weight excluding hydrogens is 522 g/mol. The van der Waals surface area contributed by atoms with Crippen LogP contribution in [0.25, 0.3) is 0 Å². The van der Waals surface area contributed by atoms with E-state index < -0.39 is 28.5 Å². The first-order chi connectivity index (χ1) is 18.1. The molecule has 1 N–H and O–H groups in total. The monoisotopic (exact) mass is 555 g/mol. The van der Waals surface area contributed by atoms with Crippen molar-refractivity contribution in [2.24, 2.45) is 0 Å². The summed E-state index contributed by atoms with van der Waals surface area (Å²) in [6.07, 6.45) is 2.09. The van der Waals surface area contributed by atoms with Gasteiger partial charge in [-0.25, -0.2) is 8.42 Å². The third-order valence-electron chi connectivity index (χ3n) is 6.06. The fraction of sp³-hybridized carbons (Fsp3) is 0.310. The smallest absolute Gasteiger partial charge is 0.244 e. The minimum absolute atomic E-state index is 0.110. The van der Waals surface area contributed by atoms with Gasteiger partial charge in [0, 0.05) is 24.5 Å². The van der Waals surface area contributed by atoms with Gasteiger partial charge in [-0.1, -0.05) is 73.1 Å². The maximum absolute atomic E-state index is 14.0. The summed E-state index contributed by atoms with van der Waals surface area (Å²) in [5, 5.41) is 3.47. The van der Waals surface area contributed by atoms with Gasteiger partial charge in [0.25, 0.3) is 0 Å². The van der Waals surface area contributed by atoms with Crippen LogP contribution in [0, 0.1) is 6.92 Å². The van der Waals surface area contributed by atoms with Crippen molar-refractivity contribution in [1.29, 1.82) is 0 Å². The van der Waals surface area contributed by atoms with E-state index in [9.17, 15) is 18.0 Å². The third-order valence-corrected chi connectivity index (χ3v) is 7.45. The Labute approximate surface area is 230 Å². The second kappa shape index (κ2) is 13.4. The molecule has 0 radical (unpaired) electrons. The quantitative estimate of drug-likeness (QED) is 0.354. The first kappa shape index (κ1) is 29.2. The van der Waals surface area contributed by atoms with Crippen molar-refractivity contribution >= 4 is 39.1 Å². The molecule has 0 aliphatic rings. The van der Waals surface area contributed by atoms with E-state index in [2.05, 4.69) is 5.32 Å². The zero-order valence-corrected chi connectivity index (χ0v) is 23.5. The van der Waals surface area contributed by atoms with Gasteiger partial charge < -0.3 is 10.2 Å². The molecule has 0 fully saturated rings. The predicted octanol–water partition coefficient (Wildman–Crippen LogP) is 4.58. The standard InChI is InChI=1S/C29H34ClN3O4S/c1-4-17-31-29(35)27(19-23-10-6-5-7-11-23)32(20-24-13-15-25(30)16-14-24)28(34)21-33(38(3,36)37)26-12-8-9-22(2)18-26/h5-16,18,27H,4,17,19-21H2,1-3H3,(H,31,35). The third kappa shape index (κ3) is 8.33. The Morgan fingerprint density at radius 2 is 1.63 bits per heavy atom. The van der Waals surface area contributed by atoms with Gasteiger partial charge in [-0.3, -0.25) is 13.9 Å². The Hall–Kier alpha value is -3.36. The van der Waals surface area contributed by atoms with Gasteiger partial charge >= 0.3 is 0 Å². The molecule has 2 amide bonds. The molecular formula is C29H34ClN3O4S. The normalized spacial score (nSPS) is 12.0. The fourth-order valence-electron chi connectivity index (χ4n) is 4.10. The van der Waals surface area contributed by atoms with Gasteiger partial charge in [0.1, 0.15) is 12.6 Å². The van der Waals surface area contributed by atoms with Crippen molar-refractivity contribution in [2.75, 3.05) is 23.7 Å². The van der Waals surface area contributed by atoms with E-state index in [0.717, 1.165) is 33.7 Å². The van der Waals surface area contributed by atoms with Gasteiger partial charge in [-0.05, 0) is 54.3 Å². The second-order valence-electron chi connectivity index (χ2n) is 9.25. The van der Waals surface area contributed by atoms with Crippen LogP contribution in [0.3, 0.4) is 0 Å². The van der Waals surface area contributed by atoms with Crippen molar-refractivity contribution in [3.05, 3.63) is 101 Å². The van der Waals surface area contributed by atoms with E-state index in [-0.39, 0.29) is 18.9 Å². The number of amides is 2. The predicted molar refractivity (Wildman–Crippen MR) is 153 cm³/mol. The molecule has 1 unspecified atom stereocenters. The highest BCUT2D eigenvalue weighted by Crippen LogP contribution is 2.22. The van der Waals surface area contributed by atoms with Crippen molar-refractivity contribution in [2.45, 2.75) is 39.3 Å². The van der Waals surface area contributed by atoms with Gasteiger partial charge in [0.15, 0.2) is 0 Å². The van der Waals surface area contributed by atoms with Crippen LogP contribution in [0.1, 0.15) is 30.0 Å². The molecule has 0 aliphatic carbocycles. The van der Waals surface area contributed by atoms with E-state index in [0.29, 0.717) is 17.3 Å². The molecule has 0 heterocycles. The maximum atomic E-state index is 14.0. The van der Waals surface area contributed by atoms with E-state index in [1.165, 1.54) is 4.90 Å². The lowest BCUT2D eigenvalue weighted by Crippen LogP contribution is -2.53. The summed E-state index contributed by atoms with van der Waals surface area (Å²) in [4.78, 5) is 28.9. The summed E-state index contributed by atoms with van der Waals surface area (Å²) >= 11 is 6.07. The number of nitrogens with one attached hydrogen (secondary N) is 1. The molecule has 0 saturated carbocycles. The van der Waals surface area contributed by atoms with Gasteiger partial charge in [-0.15, -0.1) is 0 Å². The summed E-state index contributed by atoms with van der Waals surface area (Å²) in [6.45, 7) is 3.94. The summed E-state index contributed by atoms with van der Waals surface area (Å²) in [7, 11) is -3.79. The van der Waals surface area contributed by atoms with Gasteiger partial charge in [-0.2, -0.15) is 0 Å². The van der Waals surface area contributed by atoms with Crippen LogP contribution in [0.2, 0.25) is 5.02 Å². The van der Waals surface area contributed by atoms with E-state index >= 15 is 0 Å². The largest absolute Gasteiger partial charge is 0.354 e. The number of anilines is 1. The number of carbonyl (C=O) groups is 2. The van der Waals surface area contributed by atoms with Crippen molar-refractivity contribution in [3.63, 3.8) is 0 Å². The maximum Gasteiger partial charge on any atom is 0.244 e. The molecule has 7 nitrogen and oxygen atoms in total. The zero-order chi connectivity index (χ0) is 27.7. The second-order valence-corrected chi connectivity index (χ2v) is 11.6. The van der Waals surface area contributed by atoms with Crippen LogP contribution in [-0.2, 0) is 32.6 Å². The Kier molecular flexibility index (Phi) is 10.3. The number of halogens is 1. The average molecular weight is 556 g/mol. The lowest BCUT2D eigenvalue weighted by atomic mass is 10.0. The highest BCUT2D eigenvalue weighted by Gasteiger charge is 2.32. The molecule has 3 aromatic rings. The number of aryl methyl sites for hydroxylation is 1. The molecule has 202 valence electrons. The van der Waals surface area contributed by atoms with E-state index in [1.54, 1.807) is 42.5 Å². The Morgan fingerprint density at radius 3 is 2.24 bits per heavy atom. The highest BCUT2D eigenvalue weighted by molar-refractivity contribution is 7.92. The molecule has 0 bridgehead atoms. The highest BCUT2D eigenvalue weighted by atomic mass is 35.5. The van der Waals surface area contributed by atoms with Crippen molar-refractivity contribution < 1.29 is 18.0 Å².